The van der Waals surface area contributed by atoms with E-state index in [1.165, 1.54) is 5.56 Å². The Morgan fingerprint density at radius 2 is 2.05 bits per heavy atom. The molecule has 0 saturated carbocycles. The highest BCUT2D eigenvalue weighted by Gasteiger charge is 2.13. The number of aryl methyl sites for hydroxylation is 2. The zero-order valence-corrected chi connectivity index (χ0v) is 12.8. The first-order valence-electron chi connectivity index (χ1n) is 6.23. The maximum absolute atomic E-state index is 9.19. The summed E-state index contributed by atoms with van der Waals surface area (Å²) in [5, 5.41) is 9.19. The molecule has 0 bridgehead atoms. The normalized spacial score (nSPS) is 10.7. The highest BCUT2D eigenvalue weighted by molar-refractivity contribution is 9.10. The Morgan fingerprint density at radius 1 is 1.25 bits per heavy atom. The van der Waals surface area contributed by atoms with E-state index in [4.69, 9.17) is 0 Å². The van der Waals surface area contributed by atoms with Crippen molar-refractivity contribution in [1.82, 2.24) is 9.55 Å². The SMILES string of the molecule is Cc1cc(Br)cc(-c2nc3c(C#N)cccc3n2C)c1. The second kappa shape index (κ2) is 4.77. The van der Waals surface area contributed by atoms with Crippen LogP contribution in [0.4, 0.5) is 0 Å². The number of benzene rings is 2. The lowest BCUT2D eigenvalue weighted by molar-refractivity contribution is 0.959. The minimum absolute atomic E-state index is 0.607. The average molecular weight is 326 g/mol. The molecule has 98 valence electrons. The molecule has 3 aromatic rings. The van der Waals surface area contributed by atoms with Gasteiger partial charge >= 0.3 is 0 Å². The number of aromatic nitrogens is 2. The number of halogens is 1. The van der Waals surface area contributed by atoms with Crippen LogP contribution in [0.15, 0.2) is 40.9 Å². The van der Waals surface area contributed by atoms with Crippen molar-refractivity contribution in [3.63, 3.8) is 0 Å². The molecule has 0 amide bonds. The van der Waals surface area contributed by atoms with Gasteiger partial charge in [0.25, 0.3) is 0 Å². The lowest BCUT2D eigenvalue weighted by Gasteiger charge is -2.04. The Labute approximate surface area is 125 Å². The molecule has 0 saturated heterocycles. The van der Waals surface area contributed by atoms with E-state index in [1.807, 2.05) is 29.8 Å². The minimum atomic E-state index is 0.607. The number of nitrogens with zero attached hydrogens (tertiary/aromatic N) is 3. The molecule has 3 nitrogen and oxygen atoms in total. The Kier molecular flexibility index (Phi) is 3.07. The van der Waals surface area contributed by atoms with Crippen molar-refractivity contribution in [1.29, 1.82) is 5.26 Å². The minimum Gasteiger partial charge on any atom is -0.327 e. The first-order valence-corrected chi connectivity index (χ1v) is 7.02. The monoisotopic (exact) mass is 325 g/mol. The molecule has 3 rings (SSSR count). The van der Waals surface area contributed by atoms with Crippen molar-refractivity contribution in [3.8, 4) is 17.5 Å². The van der Waals surface area contributed by atoms with Gasteiger partial charge < -0.3 is 4.57 Å². The van der Waals surface area contributed by atoms with Crippen molar-refractivity contribution < 1.29 is 0 Å². The van der Waals surface area contributed by atoms with E-state index >= 15 is 0 Å². The van der Waals surface area contributed by atoms with Crippen LogP contribution in [0.5, 0.6) is 0 Å². The van der Waals surface area contributed by atoms with Crippen LogP contribution in [-0.4, -0.2) is 9.55 Å². The molecule has 0 atom stereocenters. The van der Waals surface area contributed by atoms with Crippen molar-refractivity contribution in [3.05, 3.63) is 52.0 Å². The standard InChI is InChI=1S/C16H12BrN3/c1-10-6-12(8-13(17)7-10)16-19-15-11(9-18)4-3-5-14(15)20(16)2/h3-8H,1-2H3. The summed E-state index contributed by atoms with van der Waals surface area (Å²) in [6, 6.07) is 14.1. The fraction of sp³-hybridized carbons (Fsp3) is 0.125. The number of para-hydroxylation sites is 1. The van der Waals surface area contributed by atoms with E-state index in [0.717, 1.165) is 26.9 Å². The molecule has 0 unspecified atom stereocenters. The number of nitriles is 1. The zero-order valence-electron chi connectivity index (χ0n) is 11.2. The van der Waals surface area contributed by atoms with E-state index in [0.29, 0.717) is 5.56 Å². The third kappa shape index (κ3) is 2.00. The van der Waals surface area contributed by atoms with Gasteiger partial charge in [0, 0.05) is 17.1 Å². The third-order valence-corrected chi connectivity index (χ3v) is 3.79. The first kappa shape index (κ1) is 12.9. The summed E-state index contributed by atoms with van der Waals surface area (Å²) in [6.07, 6.45) is 0. The molecule has 0 spiro atoms. The predicted molar refractivity (Wildman–Crippen MR) is 83.3 cm³/mol. The van der Waals surface area contributed by atoms with Gasteiger partial charge in [0.05, 0.1) is 11.1 Å². The maximum Gasteiger partial charge on any atom is 0.140 e. The topological polar surface area (TPSA) is 41.6 Å². The summed E-state index contributed by atoms with van der Waals surface area (Å²) < 4.78 is 3.05. The van der Waals surface area contributed by atoms with Gasteiger partial charge in [-0.2, -0.15) is 5.26 Å². The van der Waals surface area contributed by atoms with Gasteiger partial charge in [-0.1, -0.05) is 22.0 Å². The van der Waals surface area contributed by atoms with Gasteiger partial charge in [-0.15, -0.1) is 0 Å². The number of imidazole rings is 1. The summed E-state index contributed by atoms with van der Waals surface area (Å²) in [5.74, 6) is 0.868. The second-order valence-electron chi connectivity index (χ2n) is 4.80. The number of hydrogen-bond acceptors (Lipinski definition) is 2. The van der Waals surface area contributed by atoms with Crippen LogP contribution in [-0.2, 0) is 7.05 Å². The second-order valence-corrected chi connectivity index (χ2v) is 5.71. The summed E-state index contributed by atoms with van der Waals surface area (Å²) in [5.41, 5.74) is 4.54. The lowest BCUT2D eigenvalue weighted by Crippen LogP contribution is -1.93. The van der Waals surface area contributed by atoms with Crippen LogP contribution in [0.2, 0.25) is 0 Å². The van der Waals surface area contributed by atoms with Crippen molar-refractivity contribution in [2.24, 2.45) is 7.05 Å². The van der Waals surface area contributed by atoms with Crippen LogP contribution in [0.3, 0.4) is 0 Å². The van der Waals surface area contributed by atoms with Crippen LogP contribution < -0.4 is 0 Å². The zero-order chi connectivity index (χ0) is 14.3. The molecular weight excluding hydrogens is 314 g/mol. The van der Waals surface area contributed by atoms with E-state index in [2.05, 4.69) is 46.0 Å². The van der Waals surface area contributed by atoms with E-state index in [-0.39, 0.29) is 0 Å². The number of rotatable bonds is 1. The predicted octanol–water partition coefficient (Wildman–Crippen LogP) is 4.18. The highest BCUT2D eigenvalue weighted by Crippen LogP contribution is 2.28. The first-order chi connectivity index (χ1) is 9.60. The molecule has 0 aliphatic heterocycles. The molecule has 0 N–H and O–H groups in total. The van der Waals surface area contributed by atoms with E-state index in [1.54, 1.807) is 6.07 Å². The Hall–Kier alpha value is -2.12. The fourth-order valence-corrected chi connectivity index (χ4v) is 3.04. The molecular formula is C16H12BrN3. The largest absolute Gasteiger partial charge is 0.327 e. The molecule has 0 aliphatic rings. The third-order valence-electron chi connectivity index (χ3n) is 3.33. The van der Waals surface area contributed by atoms with E-state index in [9.17, 15) is 5.26 Å². The van der Waals surface area contributed by atoms with Crippen LogP contribution in [0.25, 0.3) is 22.4 Å². The molecule has 4 heteroatoms. The van der Waals surface area contributed by atoms with Gasteiger partial charge in [-0.3, -0.25) is 0 Å². The molecule has 1 aromatic heterocycles. The summed E-state index contributed by atoms with van der Waals surface area (Å²) in [7, 11) is 1.97. The summed E-state index contributed by atoms with van der Waals surface area (Å²) in [4.78, 5) is 4.66. The molecule has 0 aliphatic carbocycles. The average Bonchev–Trinajstić information content (AvgIpc) is 2.75. The Morgan fingerprint density at radius 3 is 2.75 bits per heavy atom. The summed E-state index contributed by atoms with van der Waals surface area (Å²) >= 11 is 3.52. The van der Waals surface area contributed by atoms with Gasteiger partial charge in [-0.25, -0.2) is 4.98 Å². The maximum atomic E-state index is 9.19. The van der Waals surface area contributed by atoms with Gasteiger partial charge in [0.1, 0.15) is 17.4 Å². The van der Waals surface area contributed by atoms with Crippen LogP contribution >= 0.6 is 15.9 Å². The number of hydrogen-bond donors (Lipinski definition) is 0. The molecule has 2 aromatic carbocycles. The van der Waals surface area contributed by atoms with Gasteiger partial charge in [0.15, 0.2) is 0 Å². The van der Waals surface area contributed by atoms with Crippen molar-refractivity contribution in [2.45, 2.75) is 6.92 Å². The Balaban J connectivity index is 2.32. The summed E-state index contributed by atoms with van der Waals surface area (Å²) in [6.45, 7) is 2.05. The number of fused-ring (bicyclic) bond motifs is 1. The van der Waals surface area contributed by atoms with Crippen molar-refractivity contribution >= 4 is 27.0 Å². The molecule has 0 radical (unpaired) electrons. The lowest BCUT2D eigenvalue weighted by atomic mass is 10.1. The van der Waals surface area contributed by atoms with Gasteiger partial charge in [0.2, 0.25) is 0 Å². The quantitative estimate of drug-likeness (QED) is 0.673. The van der Waals surface area contributed by atoms with Crippen LogP contribution in [0, 0.1) is 18.3 Å². The molecule has 20 heavy (non-hydrogen) atoms. The van der Waals surface area contributed by atoms with E-state index < -0.39 is 0 Å². The van der Waals surface area contributed by atoms with Crippen molar-refractivity contribution in [2.75, 3.05) is 0 Å². The fourth-order valence-electron chi connectivity index (χ4n) is 2.43. The molecule has 1 heterocycles. The Bertz CT molecular complexity index is 836. The van der Waals surface area contributed by atoms with Gasteiger partial charge in [-0.05, 0) is 42.8 Å². The van der Waals surface area contributed by atoms with Crippen LogP contribution in [0.1, 0.15) is 11.1 Å². The molecule has 0 fully saturated rings. The highest BCUT2D eigenvalue weighted by atomic mass is 79.9. The smallest absolute Gasteiger partial charge is 0.140 e.